The second kappa shape index (κ2) is 9.90. The number of anilines is 1. The van der Waals surface area contributed by atoms with Crippen molar-refractivity contribution >= 4 is 44.2 Å². The first-order valence-corrected chi connectivity index (χ1v) is 13.1. The van der Waals surface area contributed by atoms with Gasteiger partial charge in [0.2, 0.25) is 20.3 Å². The quantitative estimate of drug-likeness (QED) is 0.371. The third kappa shape index (κ3) is 5.51. The third-order valence-electron chi connectivity index (χ3n) is 4.88. The second-order valence-corrected chi connectivity index (χ2v) is 10.7. The van der Waals surface area contributed by atoms with Gasteiger partial charge in [0.25, 0.3) is 0 Å². The Labute approximate surface area is 190 Å². The van der Waals surface area contributed by atoms with Crippen molar-refractivity contribution in [3.05, 3.63) is 65.7 Å². The van der Waals surface area contributed by atoms with Crippen molar-refractivity contribution in [2.24, 2.45) is 0 Å². The largest absolute Gasteiger partial charge is 0.353 e. The zero-order chi connectivity index (χ0) is 21.7. The number of hydrogen-bond donors (Lipinski definition) is 1. The number of carbonyl (C=O) groups is 1. The summed E-state index contributed by atoms with van der Waals surface area (Å²) in [6.07, 6.45) is 1.74. The highest BCUT2D eigenvalue weighted by molar-refractivity contribution is 7.98. The van der Waals surface area contributed by atoms with E-state index in [9.17, 15) is 13.2 Å². The maximum Gasteiger partial charge on any atom is 0.243 e. The number of carbonyl (C=O) groups excluding carboxylic acids is 1. The third-order valence-corrected chi connectivity index (χ3v) is 8.48. The van der Waals surface area contributed by atoms with Crippen LogP contribution in [-0.2, 0) is 15.8 Å². The number of hydrogen-bond acceptors (Lipinski definition) is 8. The fourth-order valence-electron chi connectivity index (χ4n) is 3.23. The molecule has 7 nitrogen and oxygen atoms in total. The first-order chi connectivity index (χ1) is 15.0. The summed E-state index contributed by atoms with van der Waals surface area (Å²) >= 11 is 2.73. The van der Waals surface area contributed by atoms with Crippen LogP contribution < -0.4 is 5.32 Å². The molecule has 0 aliphatic carbocycles. The van der Waals surface area contributed by atoms with E-state index in [1.807, 2.05) is 18.2 Å². The minimum Gasteiger partial charge on any atom is -0.353 e. The molecular formula is C21H22N4O3S3. The van der Waals surface area contributed by atoms with Gasteiger partial charge in [0.15, 0.2) is 5.78 Å². The number of ketones is 1. The zero-order valence-corrected chi connectivity index (χ0v) is 19.2. The Balaban J connectivity index is 1.34. The molecule has 10 heteroatoms. The summed E-state index contributed by atoms with van der Waals surface area (Å²) < 4.78 is 31.3. The Morgan fingerprint density at radius 3 is 2.65 bits per heavy atom. The zero-order valence-electron chi connectivity index (χ0n) is 16.7. The number of benzene rings is 2. The second-order valence-electron chi connectivity index (χ2n) is 7.07. The number of thioether (sulfide) groups is 1. The molecule has 1 fully saturated rings. The van der Waals surface area contributed by atoms with Crippen molar-refractivity contribution in [2.75, 3.05) is 25.0 Å². The maximum absolute atomic E-state index is 12.7. The summed E-state index contributed by atoms with van der Waals surface area (Å²) in [6.45, 7) is 1.08. The van der Waals surface area contributed by atoms with E-state index >= 15 is 0 Å². The van der Waals surface area contributed by atoms with Crippen LogP contribution in [0.25, 0.3) is 0 Å². The van der Waals surface area contributed by atoms with Crippen LogP contribution in [0.4, 0.5) is 5.13 Å². The smallest absolute Gasteiger partial charge is 0.243 e. The molecule has 3 aromatic rings. The molecule has 4 rings (SSSR count). The van der Waals surface area contributed by atoms with Crippen molar-refractivity contribution in [3.8, 4) is 0 Å². The minimum absolute atomic E-state index is 0.0190. The molecule has 2 aromatic carbocycles. The minimum atomic E-state index is -3.55. The summed E-state index contributed by atoms with van der Waals surface area (Å²) in [7, 11) is -3.55. The molecule has 0 unspecified atom stereocenters. The fraction of sp³-hybridized carbons (Fsp3) is 0.286. The van der Waals surface area contributed by atoms with Gasteiger partial charge in [-0.1, -0.05) is 54.2 Å². The first-order valence-electron chi connectivity index (χ1n) is 9.90. The molecule has 0 spiro atoms. The molecule has 1 saturated heterocycles. The Bertz CT molecular complexity index is 1140. The maximum atomic E-state index is 12.7. The van der Waals surface area contributed by atoms with Gasteiger partial charge in [-0.2, -0.15) is 13.7 Å². The van der Waals surface area contributed by atoms with Crippen LogP contribution in [0, 0.1) is 0 Å². The SMILES string of the molecule is O=C(CNc1nc(SCc2ccccc2)ns1)c1cccc(S(=O)(=O)N2CCCC2)c1. The Kier molecular flexibility index (Phi) is 7.01. The molecule has 31 heavy (non-hydrogen) atoms. The average molecular weight is 475 g/mol. The van der Waals surface area contributed by atoms with Crippen molar-refractivity contribution in [3.63, 3.8) is 0 Å². The number of Topliss-reactive ketones (excluding diaryl/α,β-unsaturated/α-hetero) is 1. The van der Waals surface area contributed by atoms with Gasteiger partial charge in [0.1, 0.15) is 0 Å². The predicted octanol–water partition coefficient (Wildman–Crippen LogP) is 3.91. The van der Waals surface area contributed by atoms with E-state index in [-0.39, 0.29) is 17.2 Å². The lowest BCUT2D eigenvalue weighted by molar-refractivity contribution is 0.101. The highest BCUT2D eigenvalue weighted by atomic mass is 32.2. The number of nitrogens with one attached hydrogen (secondary N) is 1. The predicted molar refractivity (Wildman–Crippen MR) is 123 cm³/mol. The Morgan fingerprint density at radius 2 is 1.87 bits per heavy atom. The van der Waals surface area contributed by atoms with Crippen LogP contribution in [-0.4, -0.2) is 47.5 Å². The van der Waals surface area contributed by atoms with Crippen LogP contribution in [0.2, 0.25) is 0 Å². The highest BCUT2D eigenvalue weighted by Gasteiger charge is 2.27. The van der Waals surface area contributed by atoms with Crippen LogP contribution in [0.15, 0.2) is 64.6 Å². The summed E-state index contributed by atoms with van der Waals surface area (Å²) in [5.74, 6) is 0.570. The molecule has 0 saturated carbocycles. The van der Waals surface area contributed by atoms with Gasteiger partial charge in [0, 0.05) is 35.9 Å². The number of nitrogens with zero attached hydrogens (tertiary/aromatic N) is 3. The van der Waals surface area contributed by atoms with E-state index in [1.165, 1.54) is 39.2 Å². The van der Waals surface area contributed by atoms with Crippen molar-refractivity contribution < 1.29 is 13.2 Å². The van der Waals surface area contributed by atoms with Gasteiger partial charge in [-0.25, -0.2) is 8.42 Å². The summed E-state index contributed by atoms with van der Waals surface area (Å²) in [5.41, 5.74) is 1.55. The van der Waals surface area contributed by atoms with E-state index in [2.05, 4.69) is 26.8 Å². The fourth-order valence-corrected chi connectivity index (χ4v) is 6.29. The molecule has 1 aliphatic heterocycles. The van der Waals surface area contributed by atoms with Gasteiger partial charge in [0.05, 0.1) is 11.4 Å². The van der Waals surface area contributed by atoms with Gasteiger partial charge in [-0.05, 0) is 30.5 Å². The van der Waals surface area contributed by atoms with Gasteiger partial charge >= 0.3 is 0 Å². The average Bonchev–Trinajstić information content (AvgIpc) is 3.49. The molecule has 1 N–H and O–H groups in total. The van der Waals surface area contributed by atoms with E-state index < -0.39 is 10.0 Å². The van der Waals surface area contributed by atoms with Crippen LogP contribution in [0.3, 0.4) is 0 Å². The number of rotatable bonds is 9. The molecule has 0 amide bonds. The van der Waals surface area contributed by atoms with E-state index in [0.29, 0.717) is 28.9 Å². The van der Waals surface area contributed by atoms with Crippen molar-refractivity contribution in [1.82, 2.24) is 13.7 Å². The molecular weight excluding hydrogens is 452 g/mol. The van der Waals surface area contributed by atoms with Gasteiger partial charge in [-0.15, -0.1) is 0 Å². The lowest BCUT2D eigenvalue weighted by Crippen LogP contribution is -2.28. The van der Waals surface area contributed by atoms with Crippen LogP contribution >= 0.6 is 23.3 Å². The molecule has 162 valence electrons. The van der Waals surface area contributed by atoms with E-state index in [4.69, 9.17) is 0 Å². The molecule has 2 heterocycles. The van der Waals surface area contributed by atoms with E-state index in [1.54, 1.807) is 18.2 Å². The lowest BCUT2D eigenvalue weighted by atomic mass is 10.1. The first kappa shape index (κ1) is 21.9. The molecule has 0 atom stereocenters. The monoisotopic (exact) mass is 474 g/mol. The normalized spacial score (nSPS) is 14.6. The molecule has 0 radical (unpaired) electrons. The van der Waals surface area contributed by atoms with Crippen LogP contribution in [0.1, 0.15) is 28.8 Å². The van der Waals surface area contributed by atoms with Gasteiger partial charge < -0.3 is 5.32 Å². The Hall–Kier alpha value is -2.27. The van der Waals surface area contributed by atoms with Crippen molar-refractivity contribution in [2.45, 2.75) is 28.6 Å². The number of sulfonamides is 1. The highest BCUT2D eigenvalue weighted by Crippen LogP contribution is 2.24. The van der Waals surface area contributed by atoms with Gasteiger partial charge in [-0.3, -0.25) is 4.79 Å². The molecule has 1 aliphatic rings. The molecule has 0 bridgehead atoms. The van der Waals surface area contributed by atoms with Crippen LogP contribution in [0.5, 0.6) is 0 Å². The van der Waals surface area contributed by atoms with E-state index in [0.717, 1.165) is 18.6 Å². The lowest BCUT2D eigenvalue weighted by Gasteiger charge is -2.15. The molecule has 1 aromatic heterocycles. The topological polar surface area (TPSA) is 92.3 Å². The summed E-state index contributed by atoms with van der Waals surface area (Å²) in [5, 5.41) is 4.21. The standard InChI is InChI=1S/C21H22N4O3S3/c26-19(17-9-6-10-18(13-17)31(27,28)25-11-4-5-12-25)14-22-20-23-21(24-30-20)29-15-16-7-2-1-3-8-16/h1-3,6-10,13H,4-5,11-12,14-15H2,(H,22,23,24). The number of aromatic nitrogens is 2. The summed E-state index contributed by atoms with van der Waals surface area (Å²) in [6, 6.07) is 16.3. The summed E-state index contributed by atoms with van der Waals surface area (Å²) in [4.78, 5) is 17.2. The van der Waals surface area contributed by atoms with Crippen molar-refractivity contribution in [1.29, 1.82) is 0 Å². The Morgan fingerprint density at radius 1 is 1.10 bits per heavy atom.